The molecule has 2 fully saturated rings. The summed E-state index contributed by atoms with van der Waals surface area (Å²) in [6, 6.07) is 15.0. The number of aromatic nitrogens is 8. The number of carbonyl (C=O) groups is 4. The number of benzene rings is 2. The fourth-order valence-electron chi connectivity index (χ4n) is 7.62. The van der Waals surface area contributed by atoms with E-state index in [2.05, 4.69) is 76.0 Å². The molecule has 6 rings (SSSR count). The number of carbonyl (C=O) groups excluding carboxylic acids is 4. The Morgan fingerprint density at radius 3 is 1.41 bits per heavy atom. The first-order valence-electron chi connectivity index (χ1n) is 22.7. The molecule has 4 aromatic rings. The second kappa shape index (κ2) is 25.2. The van der Waals surface area contributed by atoms with Gasteiger partial charge in [0.05, 0.1) is 49.5 Å². The van der Waals surface area contributed by atoms with Gasteiger partial charge in [-0.1, -0.05) is 58.4 Å². The highest BCUT2D eigenvalue weighted by atomic mass is 16.5. The van der Waals surface area contributed by atoms with Crippen LogP contribution in [0.1, 0.15) is 53.4 Å². The van der Waals surface area contributed by atoms with Crippen LogP contribution in [0.15, 0.2) is 60.7 Å². The van der Waals surface area contributed by atoms with Gasteiger partial charge in [-0.25, -0.2) is 0 Å². The Morgan fingerprint density at radius 2 is 1.03 bits per heavy atom. The number of para-hydroxylation sites is 2. The van der Waals surface area contributed by atoms with Crippen molar-refractivity contribution in [2.45, 2.75) is 115 Å². The van der Waals surface area contributed by atoms with Gasteiger partial charge < -0.3 is 50.0 Å². The van der Waals surface area contributed by atoms with Crippen molar-refractivity contribution in [3.8, 4) is 47.2 Å². The Morgan fingerprint density at radius 1 is 0.632 bits per heavy atom. The Kier molecular flexibility index (Phi) is 18.7. The normalized spacial score (nSPS) is 18.1. The van der Waals surface area contributed by atoms with Gasteiger partial charge in [0.1, 0.15) is 36.8 Å². The molecule has 0 radical (unpaired) electrons. The number of likely N-dealkylation sites (N-methyl/N-ethyl adjacent to an activating group) is 2. The molecule has 2 aliphatic rings. The lowest BCUT2D eigenvalue weighted by atomic mass is 10.1. The van der Waals surface area contributed by atoms with Gasteiger partial charge in [-0.15, -0.1) is 0 Å². The minimum atomic E-state index is -1.02. The average molecular weight is 937 g/mol. The van der Waals surface area contributed by atoms with Crippen LogP contribution < -0.4 is 30.7 Å². The third kappa shape index (κ3) is 13.8. The van der Waals surface area contributed by atoms with E-state index in [4.69, 9.17) is 18.9 Å². The number of amides is 4. The van der Waals surface area contributed by atoms with Gasteiger partial charge in [0.2, 0.25) is 23.6 Å². The molecule has 8 atom stereocenters. The summed E-state index contributed by atoms with van der Waals surface area (Å²) in [7, 11) is 3.32. The molecular weight excluding hydrogens is 877 g/mol. The number of nitrogens with zero attached hydrogens (tertiary/aromatic N) is 10. The molecule has 22 heteroatoms. The van der Waals surface area contributed by atoms with E-state index < -0.39 is 36.4 Å². The van der Waals surface area contributed by atoms with Gasteiger partial charge in [0.25, 0.3) is 0 Å². The summed E-state index contributed by atoms with van der Waals surface area (Å²) in [6.45, 7) is 8.14. The van der Waals surface area contributed by atoms with E-state index in [9.17, 15) is 19.2 Å². The number of tetrazole rings is 2. The minimum absolute atomic E-state index is 0.0869. The van der Waals surface area contributed by atoms with Crippen LogP contribution in [-0.2, 0) is 41.7 Å². The van der Waals surface area contributed by atoms with Crippen LogP contribution >= 0.6 is 0 Å². The van der Waals surface area contributed by atoms with Crippen LogP contribution in [0.4, 0.5) is 0 Å². The SMILES string of the molecule is CN[C@@H](C)C(=O)N[C@H](C(=O)N1CCC[C@H]1Cn1nnnc1Oc1ccccc1)C(C)OCC#CC#CCOC(C)[C@H](NC(=O)[C@H](C)NC)C(=O)N1CCC[C@H]1Cn1nnnc1Oc1ccccc1. The summed E-state index contributed by atoms with van der Waals surface area (Å²) in [6.07, 6.45) is 1.35. The van der Waals surface area contributed by atoms with Crippen LogP contribution in [0, 0.1) is 23.7 Å². The van der Waals surface area contributed by atoms with Gasteiger partial charge in [-0.3, -0.25) is 19.2 Å². The zero-order chi connectivity index (χ0) is 48.4. The third-order valence-corrected chi connectivity index (χ3v) is 11.8. The molecule has 22 nitrogen and oxygen atoms in total. The number of nitrogens with one attached hydrogen (secondary N) is 4. The molecule has 2 aromatic heterocycles. The smallest absolute Gasteiger partial charge is 0.341 e. The van der Waals surface area contributed by atoms with E-state index in [0.717, 1.165) is 12.8 Å². The Labute approximate surface area is 395 Å². The van der Waals surface area contributed by atoms with Crippen molar-refractivity contribution in [3.05, 3.63) is 60.7 Å². The fourth-order valence-corrected chi connectivity index (χ4v) is 7.62. The molecule has 2 aliphatic heterocycles. The Bertz CT molecular complexity index is 2230. The molecule has 362 valence electrons. The molecule has 4 N–H and O–H groups in total. The summed E-state index contributed by atoms with van der Waals surface area (Å²) < 4.78 is 26.8. The second-order valence-electron chi connectivity index (χ2n) is 16.4. The molecule has 2 aromatic carbocycles. The molecule has 0 saturated carbocycles. The molecule has 4 heterocycles. The number of hydrogen-bond acceptors (Lipinski definition) is 16. The lowest BCUT2D eigenvalue weighted by Crippen LogP contribution is -2.58. The van der Waals surface area contributed by atoms with Gasteiger partial charge >= 0.3 is 12.0 Å². The van der Waals surface area contributed by atoms with E-state index in [-0.39, 0.29) is 74.0 Å². The maximum atomic E-state index is 14.2. The van der Waals surface area contributed by atoms with Crippen LogP contribution in [0.25, 0.3) is 0 Å². The largest absolute Gasteiger partial charge is 0.423 e. The highest BCUT2D eigenvalue weighted by Gasteiger charge is 2.40. The number of likely N-dealkylation sites (tertiary alicyclic amines) is 2. The Hall–Kier alpha value is -6.98. The predicted octanol–water partition coefficient (Wildman–Crippen LogP) is 0.929. The monoisotopic (exact) mass is 936 g/mol. The molecule has 2 saturated heterocycles. The molecule has 0 spiro atoms. The molecular formula is C46H60N14O8. The van der Waals surface area contributed by atoms with Gasteiger partial charge in [-0.2, -0.15) is 9.36 Å². The topological polar surface area (TPSA) is 247 Å². The van der Waals surface area contributed by atoms with Crippen LogP contribution in [0.5, 0.6) is 23.5 Å². The lowest BCUT2D eigenvalue weighted by Gasteiger charge is -2.32. The van der Waals surface area contributed by atoms with E-state index in [0.29, 0.717) is 37.4 Å². The minimum Gasteiger partial charge on any atom is -0.423 e. The summed E-state index contributed by atoms with van der Waals surface area (Å²) in [5.41, 5.74) is 0. The van der Waals surface area contributed by atoms with E-state index in [1.54, 1.807) is 75.9 Å². The van der Waals surface area contributed by atoms with Crippen LogP contribution in [0.3, 0.4) is 0 Å². The van der Waals surface area contributed by atoms with Crippen molar-refractivity contribution in [1.29, 1.82) is 0 Å². The van der Waals surface area contributed by atoms with E-state index in [1.807, 2.05) is 36.4 Å². The van der Waals surface area contributed by atoms with E-state index >= 15 is 0 Å². The summed E-state index contributed by atoms with van der Waals surface area (Å²) in [5, 5.41) is 35.4. The molecule has 0 aliphatic carbocycles. The maximum absolute atomic E-state index is 14.2. The zero-order valence-electron chi connectivity index (χ0n) is 39.2. The van der Waals surface area contributed by atoms with Crippen molar-refractivity contribution in [1.82, 2.24) is 71.5 Å². The zero-order valence-corrected chi connectivity index (χ0v) is 39.2. The second-order valence-corrected chi connectivity index (χ2v) is 16.4. The summed E-state index contributed by atoms with van der Waals surface area (Å²) in [4.78, 5) is 58.1. The molecule has 4 amide bonds. The third-order valence-electron chi connectivity index (χ3n) is 11.8. The first-order chi connectivity index (χ1) is 33.0. The quantitative estimate of drug-likeness (QED) is 0.0801. The first-order valence-corrected chi connectivity index (χ1v) is 22.7. The van der Waals surface area contributed by atoms with Crippen molar-refractivity contribution < 1.29 is 38.1 Å². The number of ether oxygens (including phenoxy) is 4. The van der Waals surface area contributed by atoms with Gasteiger partial charge in [0.15, 0.2) is 0 Å². The van der Waals surface area contributed by atoms with E-state index in [1.165, 1.54) is 9.36 Å². The predicted molar refractivity (Wildman–Crippen MR) is 245 cm³/mol. The fraction of sp³-hybridized carbons (Fsp3) is 0.522. The Balaban J connectivity index is 1.04. The maximum Gasteiger partial charge on any atom is 0.341 e. The van der Waals surface area contributed by atoms with Crippen molar-refractivity contribution in [2.75, 3.05) is 40.4 Å². The lowest BCUT2D eigenvalue weighted by molar-refractivity contribution is -0.141. The molecule has 68 heavy (non-hydrogen) atoms. The average Bonchev–Trinajstić information content (AvgIpc) is 4.20. The van der Waals surface area contributed by atoms with Crippen molar-refractivity contribution >= 4 is 23.6 Å². The first kappa shape index (κ1) is 50.4. The van der Waals surface area contributed by atoms with Crippen molar-refractivity contribution in [3.63, 3.8) is 0 Å². The van der Waals surface area contributed by atoms with Crippen molar-refractivity contribution in [2.24, 2.45) is 0 Å². The number of rotatable bonds is 22. The van der Waals surface area contributed by atoms with Crippen LogP contribution in [0.2, 0.25) is 0 Å². The summed E-state index contributed by atoms with van der Waals surface area (Å²) in [5.74, 6) is 11.0. The van der Waals surface area contributed by atoms with Gasteiger partial charge in [-0.05, 0) is 124 Å². The van der Waals surface area contributed by atoms with Crippen LogP contribution in [-0.4, -0.2) is 163 Å². The number of hydrogen-bond donors (Lipinski definition) is 4. The van der Waals surface area contributed by atoms with Gasteiger partial charge in [0, 0.05) is 13.1 Å². The highest BCUT2D eigenvalue weighted by Crippen LogP contribution is 2.26. The summed E-state index contributed by atoms with van der Waals surface area (Å²) >= 11 is 0. The standard InChI is InChI=1S/C46H60N14O8/c1-31(47-5)41(61)49-39(43(63)57-25-17-19-35(57)29-59-45(51-53-55-59)67-37-21-11-9-12-22-37)33(3)65-27-15-7-8-16-28-66-34(4)40(50-42(62)32(2)48-6)44(64)58-26-18-20-36(58)30-60-46(52-54-56-60)68-38-23-13-10-14-24-38/h9-14,21-24,31-36,39-40,47-48H,17-20,25-30H2,1-6H3,(H,49,61)(H,50,62)/t31-,32-,33?,34?,35-,36-,39-,40-/m0/s1. The highest BCUT2D eigenvalue weighted by molar-refractivity contribution is 5.91. The molecule has 0 bridgehead atoms. The molecule has 2 unspecified atom stereocenters.